The average Bonchev–Trinajstić information content (AvgIpc) is 2.75. The zero-order chi connectivity index (χ0) is 26.2. The number of anilines is 1. The summed E-state index contributed by atoms with van der Waals surface area (Å²) in [6, 6.07) is 4.34. The van der Waals surface area contributed by atoms with Crippen LogP contribution in [0, 0.1) is 5.41 Å². The van der Waals surface area contributed by atoms with Gasteiger partial charge in [0.25, 0.3) is 0 Å². The van der Waals surface area contributed by atoms with Crippen molar-refractivity contribution in [2.75, 3.05) is 5.32 Å². The normalized spacial score (nSPS) is 17.8. The van der Waals surface area contributed by atoms with Crippen molar-refractivity contribution in [1.82, 2.24) is 0 Å². The number of hydrogen-bond donors (Lipinski definition) is 3. The summed E-state index contributed by atoms with van der Waals surface area (Å²) in [6.45, 7) is 12.5. The standard InChI is InChI=1S/C30H39NO4/c1-7-24(29(34)35)25-19-23(32)14-16-27(25)31-28(33)18-21(3)11-8-10-20(2)13-15-26-22(4)12-9-17-30(26,5)6/h8,10-11,13-16,18-19,24,32H,7,9,12,17H2,1-6H3,(H,31,33)(H,34,35). The second-order valence-corrected chi connectivity index (χ2v) is 9.98. The summed E-state index contributed by atoms with van der Waals surface area (Å²) in [7, 11) is 0. The molecule has 35 heavy (non-hydrogen) atoms. The number of phenolic OH excluding ortho intramolecular Hbond substituents is 1. The first-order valence-electron chi connectivity index (χ1n) is 12.2. The number of aliphatic carboxylic acids is 1. The maximum absolute atomic E-state index is 12.5. The second kappa shape index (κ2) is 12.4. The molecule has 0 aliphatic heterocycles. The van der Waals surface area contributed by atoms with Crippen LogP contribution in [0.2, 0.25) is 0 Å². The molecule has 3 N–H and O–H groups in total. The lowest BCUT2D eigenvalue weighted by atomic mass is 9.72. The molecule has 1 atom stereocenters. The smallest absolute Gasteiger partial charge is 0.311 e. The van der Waals surface area contributed by atoms with Crippen molar-refractivity contribution in [2.45, 2.75) is 73.1 Å². The first-order valence-corrected chi connectivity index (χ1v) is 12.2. The monoisotopic (exact) mass is 477 g/mol. The first-order chi connectivity index (χ1) is 16.4. The summed E-state index contributed by atoms with van der Waals surface area (Å²) in [6.07, 6.45) is 15.6. The van der Waals surface area contributed by atoms with E-state index in [1.54, 1.807) is 6.92 Å². The Morgan fingerprint density at radius 3 is 2.51 bits per heavy atom. The van der Waals surface area contributed by atoms with E-state index in [2.05, 4.69) is 45.2 Å². The van der Waals surface area contributed by atoms with Crippen molar-refractivity contribution in [3.8, 4) is 5.75 Å². The summed E-state index contributed by atoms with van der Waals surface area (Å²) in [5, 5.41) is 22.0. The molecule has 1 aromatic carbocycles. The number of carboxylic acids is 1. The third-order valence-corrected chi connectivity index (χ3v) is 6.51. The Bertz CT molecular complexity index is 1100. The number of amides is 1. The molecule has 1 unspecified atom stereocenters. The number of carboxylic acid groups (broad SMARTS) is 1. The van der Waals surface area contributed by atoms with E-state index in [-0.39, 0.29) is 17.1 Å². The van der Waals surface area contributed by atoms with E-state index in [0.29, 0.717) is 17.7 Å². The Morgan fingerprint density at radius 1 is 1.17 bits per heavy atom. The zero-order valence-electron chi connectivity index (χ0n) is 21.8. The van der Waals surface area contributed by atoms with Crippen molar-refractivity contribution in [2.24, 2.45) is 5.41 Å². The van der Waals surface area contributed by atoms with Crippen LogP contribution in [0.15, 0.2) is 76.9 Å². The van der Waals surface area contributed by atoms with Gasteiger partial charge in [-0.1, -0.05) is 62.3 Å². The van der Waals surface area contributed by atoms with Crippen LogP contribution >= 0.6 is 0 Å². The fraction of sp³-hybridized carbons (Fsp3) is 0.400. The van der Waals surface area contributed by atoms with E-state index >= 15 is 0 Å². The molecule has 5 nitrogen and oxygen atoms in total. The summed E-state index contributed by atoms with van der Waals surface area (Å²) < 4.78 is 0. The highest BCUT2D eigenvalue weighted by atomic mass is 16.4. The molecule has 0 saturated heterocycles. The predicted molar refractivity (Wildman–Crippen MR) is 144 cm³/mol. The van der Waals surface area contributed by atoms with Crippen LogP contribution in [0.25, 0.3) is 0 Å². The van der Waals surface area contributed by atoms with Crippen LogP contribution < -0.4 is 5.32 Å². The molecule has 1 aromatic rings. The fourth-order valence-corrected chi connectivity index (χ4v) is 4.54. The van der Waals surface area contributed by atoms with Gasteiger partial charge in [0.1, 0.15) is 5.75 Å². The number of allylic oxidation sites excluding steroid dienone is 9. The van der Waals surface area contributed by atoms with Crippen molar-refractivity contribution in [1.29, 1.82) is 0 Å². The lowest BCUT2D eigenvalue weighted by Gasteiger charge is -2.32. The van der Waals surface area contributed by atoms with E-state index in [9.17, 15) is 19.8 Å². The molecular formula is C30H39NO4. The lowest BCUT2D eigenvalue weighted by Crippen LogP contribution is -2.19. The van der Waals surface area contributed by atoms with E-state index in [1.807, 2.05) is 25.2 Å². The van der Waals surface area contributed by atoms with Crippen LogP contribution in [0.4, 0.5) is 5.69 Å². The molecule has 0 spiro atoms. The van der Waals surface area contributed by atoms with Crippen LogP contribution in [0.5, 0.6) is 5.75 Å². The molecule has 188 valence electrons. The SMILES string of the molecule is CCC(C(=O)O)c1cc(O)ccc1NC(=O)C=C(C)C=CC=C(C)C=CC1=C(C)CCCC1(C)C. The number of aromatic hydroxyl groups is 1. The summed E-state index contributed by atoms with van der Waals surface area (Å²) >= 11 is 0. The van der Waals surface area contributed by atoms with Crippen molar-refractivity contribution < 1.29 is 19.8 Å². The van der Waals surface area contributed by atoms with Gasteiger partial charge in [-0.25, -0.2) is 0 Å². The van der Waals surface area contributed by atoms with E-state index in [4.69, 9.17) is 0 Å². The molecule has 0 heterocycles. The lowest BCUT2D eigenvalue weighted by molar-refractivity contribution is -0.138. The van der Waals surface area contributed by atoms with E-state index in [1.165, 1.54) is 54.7 Å². The molecule has 1 aliphatic rings. The maximum Gasteiger partial charge on any atom is 0.311 e. The quantitative estimate of drug-likeness (QED) is 0.196. The Morgan fingerprint density at radius 2 is 1.89 bits per heavy atom. The Balaban J connectivity index is 2.08. The minimum absolute atomic E-state index is 0.0398. The summed E-state index contributed by atoms with van der Waals surface area (Å²) in [4.78, 5) is 24.1. The first kappa shape index (κ1) is 27.9. The molecule has 1 amide bonds. The molecule has 0 fully saturated rings. The maximum atomic E-state index is 12.5. The van der Waals surface area contributed by atoms with Gasteiger partial charge < -0.3 is 15.5 Å². The topological polar surface area (TPSA) is 86.6 Å². The highest BCUT2D eigenvalue weighted by Crippen LogP contribution is 2.40. The molecule has 2 rings (SSSR count). The van der Waals surface area contributed by atoms with Gasteiger partial charge in [0.05, 0.1) is 5.92 Å². The van der Waals surface area contributed by atoms with Gasteiger partial charge in [-0.05, 0) is 86.8 Å². The Labute approximate surface area is 209 Å². The molecule has 0 aromatic heterocycles. The minimum Gasteiger partial charge on any atom is -0.508 e. The average molecular weight is 478 g/mol. The van der Waals surface area contributed by atoms with Gasteiger partial charge in [-0.3, -0.25) is 9.59 Å². The zero-order valence-corrected chi connectivity index (χ0v) is 21.8. The second-order valence-electron chi connectivity index (χ2n) is 9.98. The molecule has 1 aliphatic carbocycles. The molecule has 5 heteroatoms. The number of rotatable bonds is 9. The van der Waals surface area contributed by atoms with Gasteiger partial charge in [-0.2, -0.15) is 0 Å². The van der Waals surface area contributed by atoms with Gasteiger partial charge in [-0.15, -0.1) is 0 Å². The summed E-state index contributed by atoms with van der Waals surface area (Å²) in [5.74, 6) is -2.22. The number of benzene rings is 1. The Kier molecular flexibility index (Phi) is 9.88. The number of carbonyl (C=O) groups is 2. The third-order valence-electron chi connectivity index (χ3n) is 6.51. The van der Waals surface area contributed by atoms with Gasteiger partial charge in [0, 0.05) is 11.8 Å². The van der Waals surface area contributed by atoms with Gasteiger partial charge in [0.2, 0.25) is 5.91 Å². The van der Waals surface area contributed by atoms with Crippen molar-refractivity contribution >= 4 is 17.6 Å². The molecular weight excluding hydrogens is 438 g/mol. The van der Waals surface area contributed by atoms with Crippen molar-refractivity contribution in [3.05, 3.63) is 82.5 Å². The summed E-state index contributed by atoms with van der Waals surface area (Å²) in [5.41, 5.74) is 5.74. The fourth-order valence-electron chi connectivity index (χ4n) is 4.54. The number of phenols is 1. The molecule has 0 saturated carbocycles. The predicted octanol–water partition coefficient (Wildman–Crippen LogP) is 7.44. The number of carbonyl (C=O) groups excluding carboxylic acids is 1. The Hall–Kier alpha value is -3.34. The molecule has 0 bridgehead atoms. The third kappa shape index (κ3) is 8.13. The number of hydrogen-bond acceptors (Lipinski definition) is 3. The van der Waals surface area contributed by atoms with E-state index in [0.717, 1.165) is 11.1 Å². The van der Waals surface area contributed by atoms with Crippen LogP contribution in [0.1, 0.15) is 78.7 Å². The van der Waals surface area contributed by atoms with Gasteiger partial charge >= 0.3 is 5.97 Å². The van der Waals surface area contributed by atoms with Crippen LogP contribution in [-0.2, 0) is 9.59 Å². The van der Waals surface area contributed by atoms with E-state index < -0.39 is 11.9 Å². The largest absolute Gasteiger partial charge is 0.508 e. The van der Waals surface area contributed by atoms with Gasteiger partial charge in [0.15, 0.2) is 0 Å². The van der Waals surface area contributed by atoms with Crippen LogP contribution in [0.3, 0.4) is 0 Å². The van der Waals surface area contributed by atoms with Crippen molar-refractivity contribution in [3.63, 3.8) is 0 Å². The number of nitrogens with one attached hydrogen (secondary N) is 1. The highest BCUT2D eigenvalue weighted by molar-refractivity contribution is 6.01. The minimum atomic E-state index is -1.00. The van der Waals surface area contributed by atoms with Crippen LogP contribution in [-0.4, -0.2) is 22.1 Å². The highest BCUT2D eigenvalue weighted by Gasteiger charge is 2.26. The molecule has 0 radical (unpaired) electrons.